The van der Waals surface area contributed by atoms with Gasteiger partial charge in [-0.25, -0.2) is 4.79 Å². The first-order valence-corrected chi connectivity index (χ1v) is 8.78. The lowest BCUT2D eigenvalue weighted by Gasteiger charge is -2.16. The van der Waals surface area contributed by atoms with Crippen molar-refractivity contribution in [3.05, 3.63) is 18.2 Å². The molecule has 0 saturated heterocycles. The number of anilines is 1. The number of urea groups is 1. The number of carbonyl (C=O) groups is 3. The van der Waals surface area contributed by atoms with E-state index in [1.54, 1.807) is 39.3 Å². The third-order valence-electron chi connectivity index (χ3n) is 3.47. The van der Waals surface area contributed by atoms with Gasteiger partial charge in [-0.05, 0) is 26.0 Å². The first kappa shape index (κ1) is 22.2. The molecule has 0 aliphatic carbocycles. The van der Waals surface area contributed by atoms with Gasteiger partial charge in [-0.3, -0.25) is 14.9 Å². The van der Waals surface area contributed by atoms with E-state index < -0.39 is 11.9 Å². The summed E-state index contributed by atoms with van der Waals surface area (Å²) in [5.74, 6) is 0.516. The number of hydrogen-bond donors (Lipinski definition) is 3. The van der Waals surface area contributed by atoms with E-state index in [-0.39, 0.29) is 19.0 Å². The Morgan fingerprint density at radius 2 is 1.67 bits per heavy atom. The number of nitrogens with zero attached hydrogens (tertiary/aromatic N) is 1. The van der Waals surface area contributed by atoms with Crippen LogP contribution in [0.15, 0.2) is 18.2 Å². The first-order valence-electron chi connectivity index (χ1n) is 8.78. The molecule has 0 saturated carbocycles. The number of imide groups is 1. The van der Waals surface area contributed by atoms with Crippen molar-refractivity contribution in [3.63, 3.8) is 0 Å². The van der Waals surface area contributed by atoms with E-state index in [9.17, 15) is 14.4 Å². The van der Waals surface area contributed by atoms with Crippen molar-refractivity contribution >= 4 is 23.5 Å². The van der Waals surface area contributed by atoms with Gasteiger partial charge in [-0.2, -0.15) is 0 Å². The predicted molar refractivity (Wildman–Crippen MR) is 101 cm³/mol. The Morgan fingerprint density at radius 1 is 1.04 bits per heavy atom. The van der Waals surface area contributed by atoms with Crippen molar-refractivity contribution in [3.8, 4) is 11.5 Å². The molecule has 0 bridgehead atoms. The van der Waals surface area contributed by atoms with Gasteiger partial charge in [-0.1, -0.05) is 0 Å². The third-order valence-corrected chi connectivity index (χ3v) is 3.47. The minimum absolute atomic E-state index is 0.000470. The first-order chi connectivity index (χ1) is 12.8. The van der Waals surface area contributed by atoms with Crippen molar-refractivity contribution < 1.29 is 28.8 Å². The highest BCUT2D eigenvalue weighted by Gasteiger charge is 2.17. The Morgan fingerprint density at radius 3 is 2.26 bits per heavy atom. The average molecular weight is 381 g/mol. The van der Waals surface area contributed by atoms with Crippen LogP contribution < -0.4 is 25.0 Å². The van der Waals surface area contributed by atoms with Gasteiger partial charge in [0, 0.05) is 25.8 Å². The van der Waals surface area contributed by atoms with Crippen LogP contribution in [-0.4, -0.2) is 70.2 Å². The number of ether oxygens (including phenoxy) is 2. The van der Waals surface area contributed by atoms with Crippen molar-refractivity contribution in [2.75, 3.05) is 52.8 Å². The van der Waals surface area contributed by atoms with Crippen LogP contribution in [0.3, 0.4) is 0 Å². The summed E-state index contributed by atoms with van der Waals surface area (Å²) in [7, 11) is 5.01. The van der Waals surface area contributed by atoms with Gasteiger partial charge in [-0.15, -0.1) is 0 Å². The fraction of sp³-hybridized carbons (Fsp3) is 0.500. The molecule has 0 fully saturated rings. The Kier molecular flexibility index (Phi) is 9.07. The lowest BCUT2D eigenvalue weighted by Crippen LogP contribution is -3.11. The highest BCUT2D eigenvalue weighted by Crippen LogP contribution is 2.30. The van der Waals surface area contributed by atoms with Crippen LogP contribution >= 0.6 is 0 Å². The van der Waals surface area contributed by atoms with Crippen LogP contribution in [0.1, 0.15) is 13.8 Å². The number of amides is 4. The fourth-order valence-corrected chi connectivity index (χ4v) is 2.21. The zero-order valence-corrected chi connectivity index (χ0v) is 16.5. The summed E-state index contributed by atoms with van der Waals surface area (Å²) < 4.78 is 11.0. The molecule has 9 heteroatoms. The molecule has 4 amide bonds. The minimum atomic E-state index is -0.654. The molecule has 1 rings (SSSR count). The summed E-state index contributed by atoms with van der Waals surface area (Å²) >= 11 is 0. The molecule has 1 aromatic carbocycles. The number of quaternary nitrogens is 1. The second kappa shape index (κ2) is 11.0. The molecule has 27 heavy (non-hydrogen) atoms. The summed E-state index contributed by atoms with van der Waals surface area (Å²) in [5, 5.41) is 4.83. The zero-order chi connectivity index (χ0) is 20.4. The molecule has 3 N–H and O–H groups in total. The van der Waals surface area contributed by atoms with E-state index in [2.05, 4.69) is 10.6 Å². The number of likely N-dealkylation sites (N-methyl/N-ethyl adjacent to an activating group) is 2. The topological polar surface area (TPSA) is 101 Å². The highest BCUT2D eigenvalue weighted by atomic mass is 16.5. The maximum Gasteiger partial charge on any atom is 0.326 e. The monoisotopic (exact) mass is 381 g/mol. The molecule has 0 aliphatic heterocycles. The second-order valence-electron chi connectivity index (χ2n) is 6.13. The fourth-order valence-electron chi connectivity index (χ4n) is 2.21. The average Bonchev–Trinajstić information content (AvgIpc) is 2.56. The van der Waals surface area contributed by atoms with Crippen molar-refractivity contribution in [1.82, 2.24) is 10.2 Å². The van der Waals surface area contributed by atoms with Crippen LogP contribution in [0.4, 0.5) is 10.5 Å². The van der Waals surface area contributed by atoms with Gasteiger partial charge < -0.3 is 24.6 Å². The van der Waals surface area contributed by atoms with Gasteiger partial charge in [0.2, 0.25) is 0 Å². The van der Waals surface area contributed by atoms with E-state index in [0.717, 1.165) is 0 Å². The Balaban J connectivity index is 2.59. The van der Waals surface area contributed by atoms with Crippen molar-refractivity contribution in [2.24, 2.45) is 0 Å². The molecule has 1 aromatic rings. The number of rotatable bonds is 9. The van der Waals surface area contributed by atoms with Gasteiger partial charge in [0.15, 0.2) is 24.6 Å². The summed E-state index contributed by atoms with van der Waals surface area (Å²) in [5.41, 5.74) is 0.468. The van der Waals surface area contributed by atoms with Crippen molar-refractivity contribution in [2.45, 2.75) is 13.8 Å². The van der Waals surface area contributed by atoms with E-state index in [4.69, 9.17) is 9.47 Å². The molecule has 0 aliphatic rings. The van der Waals surface area contributed by atoms with E-state index in [0.29, 0.717) is 35.3 Å². The van der Waals surface area contributed by atoms with Crippen LogP contribution in [0, 0.1) is 0 Å². The molecule has 1 unspecified atom stereocenters. The van der Waals surface area contributed by atoms with Crippen LogP contribution in [0.2, 0.25) is 0 Å². The standard InChI is InChI=1S/C18H28N4O5/c1-6-26-14-9-8-13(10-15(14)27-7-2)19-18(25)20-16(23)11-22(5)12-17(24)21(3)4/h8-10H,6-7,11-12H2,1-5H3,(H2,19,20,23,25)/p+1. The maximum atomic E-state index is 12.0. The number of hydrogen-bond acceptors (Lipinski definition) is 5. The largest absolute Gasteiger partial charge is 0.490 e. The van der Waals surface area contributed by atoms with Crippen LogP contribution in [0.5, 0.6) is 11.5 Å². The molecule has 0 heterocycles. The SMILES string of the molecule is CCOc1ccc(NC(=O)NC(=O)C[NH+](C)CC(=O)N(C)C)cc1OCC. The van der Waals surface area contributed by atoms with E-state index in [1.165, 1.54) is 4.90 Å². The summed E-state index contributed by atoms with van der Waals surface area (Å²) in [4.78, 5) is 37.7. The Hall–Kier alpha value is -2.81. The Bertz CT molecular complexity index is 663. The predicted octanol–water partition coefficient (Wildman–Crippen LogP) is -0.265. The molecule has 1 atom stereocenters. The van der Waals surface area contributed by atoms with Crippen LogP contribution in [0.25, 0.3) is 0 Å². The van der Waals surface area contributed by atoms with Crippen LogP contribution in [-0.2, 0) is 9.59 Å². The number of benzene rings is 1. The molecule has 0 spiro atoms. The van der Waals surface area contributed by atoms with Gasteiger partial charge in [0.25, 0.3) is 11.8 Å². The third kappa shape index (κ3) is 7.95. The quantitative estimate of drug-likeness (QED) is 0.547. The lowest BCUT2D eigenvalue weighted by molar-refractivity contribution is -0.862. The number of carbonyl (C=O) groups excluding carboxylic acids is 3. The summed E-state index contributed by atoms with van der Waals surface area (Å²) in [6, 6.07) is 4.32. The van der Waals surface area contributed by atoms with E-state index in [1.807, 2.05) is 13.8 Å². The molecule has 150 valence electrons. The molecule has 9 nitrogen and oxygen atoms in total. The molecule has 0 radical (unpaired) electrons. The molecular formula is C18H29N4O5+. The van der Waals surface area contributed by atoms with Gasteiger partial charge in [0.1, 0.15) is 0 Å². The minimum Gasteiger partial charge on any atom is -0.490 e. The van der Waals surface area contributed by atoms with E-state index >= 15 is 0 Å². The van der Waals surface area contributed by atoms with Crippen molar-refractivity contribution in [1.29, 1.82) is 0 Å². The molecular weight excluding hydrogens is 352 g/mol. The second-order valence-corrected chi connectivity index (χ2v) is 6.13. The highest BCUT2D eigenvalue weighted by molar-refractivity contribution is 6.01. The number of nitrogens with one attached hydrogen (secondary N) is 3. The Labute approximate surface area is 159 Å². The smallest absolute Gasteiger partial charge is 0.326 e. The van der Waals surface area contributed by atoms with Gasteiger partial charge >= 0.3 is 6.03 Å². The zero-order valence-electron chi connectivity index (χ0n) is 16.5. The lowest BCUT2D eigenvalue weighted by atomic mass is 10.2. The maximum absolute atomic E-state index is 12.0. The summed E-state index contributed by atoms with van der Waals surface area (Å²) in [6.45, 7) is 4.83. The normalized spacial score (nSPS) is 11.3. The summed E-state index contributed by atoms with van der Waals surface area (Å²) in [6.07, 6.45) is 0. The van der Waals surface area contributed by atoms with Gasteiger partial charge in [0.05, 0.1) is 20.3 Å². The molecule has 0 aromatic heterocycles.